The molecule has 18 heavy (non-hydrogen) atoms. The van der Waals surface area contributed by atoms with Crippen molar-refractivity contribution in [1.82, 2.24) is 10.2 Å². The van der Waals surface area contributed by atoms with Gasteiger partial charge in [0, 0.05) is 12.1 Å². The summed E-state index contributed by atoms with van der Waals surface area (Å²) in [7, 11) is 0. The number of nitrogens with one attached hydrogen (secondary N) is 1. The number of amides is 1. The number of carbonyl (C=O) groups excluding carboxylic acids is 1. The van der Waals surface area contributed by atoms with E-state index in [4.69, 9.17) is 10.2 Å². The van der Waals surface area contributed by atoms with Gasteiger partial charge in [-0.2, -0.15) is 0 Å². The van der Waals surface area contributed by atoms with E-state index in [0.29, 0.717) is 19.5 Å². The van der Waals surface area contributed by atoms with Crippen LogP contribution in [0, 0.1) is 0 Å². The third kappa shape index (κ3) is 2.91. The minimum Gasteiger partial charge on any atom is -0.468 e. The summed E-state index contributed by atoms with van der Waals surface area (Å²) >= 11 is 0. The summed E-state index contributed by atoms with van der Waals surface area (Å²) in [6.07, 6.45) is 2.32. The van der Waals surface area contributed by atoms with E-state index in [1.807, 2.05) is 26.0 Å². The highest BCUT2D eigenvalue weighted by molar-refractivity contribution is 5.83. The zero-order chi connectivity index (χ0) is 13.2. The number of furan rings is 1. The number of hydrogen-bond acceptors (Lipinski definition) is 4. The van der Waals surface area contributed by atoms with E-state index in [9.17, 15) is 4.79 Å². The van der Waals surface area contributed by atoms with Crippen LogP contribution in [0.25, 0.3) is 0 Å². The Kier molecular flexibility index (Phi) is 3.73. The largest absolute Gasteiger partial charge is 0.468 e. The van der Waals surface area contributed by atoms with E-state index in [-0.39, 0.29) is 17.5 Å². The minimum absolute atomic E-state index is 0.0586. The zero-order valence-electron chi connectivity index (χ0n) is 11.0. The van der Waals surface area contributed by atoms with Gasteiger partial charge in [0.25, 0.3) is 0 Å². The molecule has 0 aromatic carbocycles. The Morgan fingerprint density at radius 1 is 1.61 bits per heavy atom. The van der Waals surface area contributed by atoms with Gasteiger partial charge in [0.2, 0.25) is 5.91 Å². The summed E-state index contributed by atoms with van der Waals surface area (Å²) in [4.78, 5) is 14.2. The van der Waals surface area contributed by atoms with Crippen molar-refractivity contribution in [1.29, 1.82) is 0 Å². The summed E-state index contributed by atoms with van der Waals surface area (Å²) in [6.45, 7) is 6.00. The van der Waals surface area contributed by atoms with Gasteiger partial charge >= 0.3 is 0 Å². The van der Waals surface area contributed by atoms with Crippen molar-refractivity contribution in [2.45, 2.75) is 38.4 Å². The lowest BCUT2D eigenvalue weighted by Crippen LogP contribution is -2.64. The van der Waals surface area contributed by atoms with Crippen LogP contribution in [0.1, 0.15) is 26.0 Å². The van der Waals surface area contributed by atoms with Gasteiger partial charge in [-0.05, 0) is 38.9 Å². The first-order valence-corrected chi connectivity index (χ1v) is 6.30. The van der Waals surface area contributed by atoms with Gasteiger partial charge in [0.1, 0.15) is 5.76 Å². The second-order valence-electron chi connectivity index (χ2n) is 5.45. The number of rotatable bonds is 4. The molecule has 100 valence electrons. The second-order valence-corrected chi connectivity index (χ2v) is 5.45. The summed E-state index contributed by atoms with van der Waals surface area (Å²) in [6, 6.07) is 3.63. The van der Waals surface area contributed by atoms with Crippen molar-refractivity contribution in [3.8, 4) is 0 Å². The number of hydrogen-bond donors (Lipinski definition) is 2. The number of piperazine rings is 1. The summed E-state index contributed by atoms with van der Waals surface area (Å²) < 4.78 is 5.36. The van der Waals surface area contributed by atoms with Crippen molar-refractivity contribution >= 4 is 5.91 Å². The summed E-state index contributed by atoms with van der Waals surface area (Å²) in [5.41, 5.74) is 5.38. The molecule has 1 unspecified atom stereocenters. The third-order valence-corrected chi connectivity index (χ3v) is 3.18. The van der Waals surface area contributed by atoms with E-state index < -0.39 is 0 Å². The monoisotopic (exact) mass is 251 g/mol. The molecule has 0 radical (unpaired) electrons. The average Bonchev–Trinajstić information content (AvgIpc) is 2.75. The van der Waals surface area contributed by atoms with Crippen molar-refractivity contribution in [2.24, 2.45) is 5.73 Å². The molecule has 1 saturated heterocycles. The maximum absolute atomic E-state index is 12.1. The Balaban J connectivity index is 2.13. The van der Waals surface area contributed by atoms with Crippen LogP contribution >= 0.6 is 0 Å². The van der Waals surface area contributed by atoms with Crippen molar-refractivity contribution in [3.05, 3.63) is 24.2 Å². The van der Waals surface area contributed by atoms with Gasteiger partial charge < -0.3 is 15.5 Å². The van der Waals surface area contributed by atoms with Crippen LogP contribution in [-0.2, 0) is 11.3 Å². The first kappa shape index (κ1) is 13.1. The van der Waals surface area contributed by atoms with E-state index in [0.717, 1.165) is 12.3 Å². The Labute approximate surface area is 107 Å². The SMILES string of the molecule is CC1(C)CN(Cc2ccco2)C(CCN)C(=O)N1. The van der Waals surface area contributed by atoms with Crippen molar-refractivity contribution in [3.63, 3.8) is 0 Å². The standard InChI is InChI=1S/C13H21N3O2/c1-13(2)9-16(8-10-4-3-7-18-10)11(5-6-14)12(17)15-13/h3-4,7,11H,5-6,8-9,14H2,1-2H3,(H,15,17). The Hall–Kier alpha value is -1.33. The molecule has 0 spiro atoms. The molecule has 1 aromatic rings. The average molecular weight is 251 g/mol. The fraction of sp³-hybridized carbons (Fsp3) is 0.615. The molecule has 2 rings (SSSR count). The molecule has 1 aromatic heterocycles. The Morgan fingerprint density at radius 3 is 3.00 bits per heavy atom. The molecular weight excluding hydrogens is 230 g/mol. The third-order valence-electron chi connectivity index (χ3n) is 3.18. The quantitative estimate of drug-likeness (QED) is 0.826. The highest BCUT2D eigenvalue weighted by Crippen LogP contribution is 2.20. The van der Waals surface area contributed by atoms with Gasteiger partial charge in [0.05, 0.1) is 18.8 Å². The van der Waals surface area contributed by atoms with Crippen LogP contribution in [0.4, 0.5) is 0 Å². The van der Waals surface area contributed by atoms with Crippen molar-refractivity contribution < 1.29 is 9.21 Å². The minimum atomic E-state index is -0.214. The molecule has 1 aliphatic rings. The maximum atomic E-state index is 12.1. The fourth-order valence-corrected chi connectivity index (χ4v) is 2.48. The van der Waals surface area contributed by atoms with Crippen LogP contribution < -0.4 is 11.1 Å². The van der Waals surface area contributed by atoms with Crippen LogP contribution in [0.5, 0.6) is 0 Å². The van der Waals surface area contributed by atoms with Crippen LogP contribution in [-0.4, -0.2) is 35.5 Å². The molecular formula is C13H21N3O2. The molecule has 5 nitrogen and oxygen atoms in total. The predicted octanol–water partition coefficient (Wildman–Crippen LogP) is 0.707. The number of nitrogens with zero attached hydrogens (tertiary/aromatic N) is 1. The van der Waals surface area contributed by atoms with Gasteiger partial charge in [-0.1, -0.05) is 0 Å². The lowest BCUT2D eigenvalue weighted by molar-refractivity contribution is -0.133. The molecule has 5 heteroatoms. The molecule has 1 aliphatic heterocycles. The van der Waals surface area contributed by atoms with Crippen LogP contribution in [0.2, 0.25) is 0 Å². The summed E-state index contributed by atoms with van der Waals surface area (Å²) in [5.74, 6) is 0.936. The Bertz CT molecular complexity index is 400. The van der Waals surface area contributed by atoms with Crippen LogP contribution in [0.15, 0.2) is 22.8 Å². The Morgan fingerprint density at radius 2 is 2.39 bits per heavy atom. The predicted molar refractivity (Wildman–Crippen MR) is 68.8 cm³/mol. The van der Waals surface area contributed by atoms with E-state index in [2.05, 4.69) is 10.2 Å². The van der Waals surface area contributed by atoms with Gasteiger partial charge in [-0.25, -0.2) is 0 Å². The molecule has 2 heterocycles. The lowest BCUT2D eigenvalue weighted by Gasteiger charge is -2.43. The first-order valence-electron chi connectivity index (χ1n) is 6.30. The number of carbonyl (C=O) groups is 1. The topological polar surface area (TPSA) is 71.5 Å². The molecule has 0 aliphatic carbocycles. The normalized spacial score (nSPS) is 23.9. The number of nitrogens with two attached hydrogens (primary N) is 1. The van der Waals surface area contributed by atoms with E-state index in [1.54, 1.807) is 6.26 Å². The first-order chi connectivity index (χ1) is 8.52. The molecule has 1 amide bonds. The molecule has 3 N–H and O–H groups in total. The van der Waals surface area contributed by atoms with Crippen molar-refractivity contribution in [2.75, 3.05) is 13.1 Å². The smallest absolute Gasteiger partial charge is 0.237 e. The lowest BCUT2D eigenvalue weighted by atomic mass is 9.96. The fourth-order valence-electron chi connectivity index (χ4n) is 2.48. The van der Waals surface area contributed by atoms with Gasteiger partial charge in [-0.15, -0.1) is 0 Å². The highest BCUT2D eigenvalue weighted by atomic mass is 16.3. The molecule has 1 fully saturated rings. The maximum Gasteiger partial charge on any atom is 0.237 e. The zero-order valence-corrected chi connectivity index (χ0v) is 11.0. The van der Waals surface area contributed by atoms with E-state index >= 15 is 0 Å². The van der Waals surface area contributed by atoms with Gasteiger partial charge in [-0.3, -0.25) is 9.69 Å². The second kappa shape index (κ2) is 5.12. The van der Waals surface area contributed by atoms with Crippen LogP contribution in [0.3, 0.4) is 0 Å². The summed E-state index contributed by atoms with van der Waals surface area (Å²) in [5, 5.41) is 3.03. The molecule has 0 bridgehead atoms. The molecule has 0 saturated carbocycles. The van der Waals surface area contributed by atoms with Gasteiger partial charge in [0.15, 0.2) is 0 Å². The van der Waals surface area contributed by atoms with E-state index in [1.165, 1.54) is 0 Å². The highest BCUT2D eigenvalue weighted by Gasteiger charge is 2.38. The molecule has 1 atom stereocenters.